The average Bonchev–Trinajstić information content (AvgIpc) is 2.74. The van der Waals surface area contributed by atoms with Gasteiger partial charge in [0.1, 0.15) is 0 Å². The van der Waals surface area contributed by atoms with E-state index in [0.29, 0.717) is 45.3 Å². The first-order chi connectivity index (χ1) is 14.1. The van der Waals surface area contributed by atoms with Gasteiger partial charge in [-0.1, -0.05) is 30.3 Å². The molecule has 1 atom stereocenters. The van der Waals surface area contributed by atoms with Gasteiger partial charge in [0, 0.05) is 18.7 Å². The number of aliphatic hydroxyl groups excluding tert-OH is 1. The Morgan fingerprint density at radius 3 is 2.38 bits per heavy atom. The van der Waals surface area contributed by atoms with Gasteiger partial charge in [-0.15, -0.1) is 0 Å². The van der Waals surface area contributed by atoms with Crippen LogP contribution in [0.1, 0.15) is 0 Å². The lowest BCUT2D eigenvalue weighted by Crippen LogP contribution is -2.33. The van der Waals surface area contributed by atoms with Crippen molar-refractivity contribution in [1.29, 1.82) is 0 Å². The van der Waals surface area contributed by atoms with Crippen LogP contribution in [0.15, 0.2) is 30.3 Å². The van der Waals surface area contributed by atoms with Crippen LogP contribution in [0.4, 0.5) is 11.9 Å². The number of rotatable bonds is 14. The fourth-order valence-electron chi connectivity index (χ4n) is 2.22. The Balaban J connectivity index is 2.02. The molecule has 0 aliphatic carbocycles. The lowest BCUT2D eigenvalue weighted by atomic mass is 10.2. The molecule has 2 rings (SSSR count). The molecule has 0 aliphatic heterocycles. The van der Waals surface area contributed by atoms with Gasteiger partial charge in [-0.3, -0.25) is 0 Å². The van der Waals surface area contributed by atoms with Gasteiger partial charge in [0.15, 0.2) is 11.9 Å². The first-order valence-electron chi connectivity index (χ1n) is 9.15. The van der Waals surface area contributed by atoms with E-state index in [1.165, 1.54) is 0 Å². The Bertz CT molecular complexity index is 749. The predicted octanol–water partition coefficient (Wildman–Crippen LogP) is -0.200. The number of anilines is 2. The molecule has 0 saturated carbocycles. The van der Waals surface area contributed by atoms with E-state index in [2.05, 4.69) is 25.6 Å². The monoisotopic (exact) mass is 406 g/mol. The summed E-state index contributed by atoms with van der Waals surface area (Å²) in [5.74, 6) is -0.553. The second kappa shape index (κ2) is 12.6. The standard InChI is InChI=1S/C18H26N6O5/c19-6-8-28-10-11-29-9-7-20-17-22-15(13-4-2-1-3-5-13)23-18(24-17)21-14(12-25)16(26)27/h1-5,14,25H,6-12,19H2,(H,26,27)(H2,20,21,22,23,24)/t14-/m0/s1. The minimum Gasteiger partial charge on any atom is -0.480 e. The van der Waals surface area contributed by atoms with Crippen LogP contribution < -0.4 is 16.4 Å². The maximum absolute atomic E-state index is 11.2. The van der Waals surface area contributed by atoms with Crippen LogP contribution in [-0.2, 0) is 14.3 Å². The molecular weight excluding hydrogens is 380 g/mol. The number of benzene rings is 1. The molecule has 0 aliphatic rings. The van der Waals surface area contributed by atoms with E-state index in [1.807, 2.05) is 30.3 Å². The lowest BCUT2D eigenvalue weighted by molar-refractivity contribution is -0.138. The molecular formula is C18H26N6O5. The third-order valence-corrected chi connectivity index (χ3v) is 3.62. The van der Waals surface area contributed by atoms with Gasteiger partial charge in [-0.25, -0.2) is 4.79 Å². The number of aliphatic carboxylic acids is 1. The first kappa shape index (κ1) is 22.4. The number of nitrogens with zero attached hydrogens (tertiary/aromatic N) is 3. The van der Waals surface area contributed by atoms with Gasteiger partial charge >= 0.3 is 5.97 Å². The van der Waals surface area contributed by atoms with Crippen molar-refractivity contribution < 1.29 is 24.5 Å². The van der Waals surface area contributed by atoms with Gasteiger partial charge in [0.25, 0.3) is 0 Å². The fourth-order valence-corrected chi connectivity index (χ4v) is 2.22. The van der Waals surface area contributed by atoms with Gasteiger partial charge < -0.3 is 36.1 Å². The zero-order chi connectivity index (χ0) is 20.9. The molecule has 0 amide bonds. The normalized spacial score (nSPS) is 11.8. The largest absolute Gasteiger partial charge is 0.480 e. The van der Waals surface area contributed by atoms with Crippen LogP contribution >= 0.6 is 0 Å². The number of carboxylic acids is 1. The molecule has 29 heavy (non-hydrogen) atoms. The van der Waals surface area contributed by atoms with Crippen molar-refractivity contribution in [1.82, 2.24) is 15.0 Å². The van der Waals surface area contributed by atoms with E-state index in [-0.39, 0.29) is 11.9 Å². The molecule has 11 nitrogen and oxygen atoms in total. The zero-order valence-corrected chi connectivity index (χ0v) is 16.0. The molecule has 1 aromatic heterocycles. The summed E-state index contributed by atoms with van der Waals surface area (Å²) in [6, 6.07) is 7.97. The minimum atomic E-state index is -1.23. The Labute approximate surface area is 168 Å². The van der Waals surface area contributed by atoms with Crippen LogP contribution in [0, 0.1) is 0 Å². The van der Waals surface area contributed by atoms with E-state index in [9.17, 15) is 9.90 Å². The highest BCUT2D eigenvalue weighted by molar-refractivity contribution is 5.76. The second-order valence-corrected chi connectivity index (χ2v) is 5.83. The van der Waals surface area contributed by atoms with Crippen molar-refractivity contribution in [3.8, 4) is 11.4 Å². The van der Waals surface area contributed by atoms with Gasteiger partial charge in [-0.2, -0.15) is 15.0 Å². The average molecular weight is 406 g/mol. The summed E-state index contributed by atoms with van der Waals surface area (Å²) in [5, 5.41) is 24.0. The summed E-state index contributed by atoms with van der Waals surface area (Å²) in [7, 11) is 0. The molecule has 0 radical (unpaired) electrons. The van der Waals surface area contributed by atoms with Gasteiger partial charge in [0.05, 0.1) is 33.0 Å². The molecule has 6 N–H and O–H groups in total. The highest BCUT2D eigenvalue weighted by Crippen LogP contribution is 2.17. The van der Waals surface area contributed by atoms with Crippen molar-refractivity contribution in [3.63, 3.8) is 0 Å². The molecule has 0 spiro atoms. The molecule has 0 bridgehead atoms. The van der Waals surface area contributed by atoms with Crippen LogP contribution in [0.2, 0.25) is 0 Å². The summed E-state index contributed by atoms with van der Waals surface area (Å²) in [4.78, 5) is 24.0. The van der Waals surface area contributed by atoms with Crippen LogP contribution in [0.5, 0.6) is 0 Å². The lowest BCUT2D eigenvalue weighted by Gasteiger charge is -2.14. The second-order valence-electron chi connectivity index (χ2n) is 5.83. The van der Waals surface area contributed by atoms with Crippen LogP contribution in [-0.4, -0.2) is 83.3 Å². The van der Waals surface area contributed by atoms with Crippen molar-refractivity contribution in [2.45, 2.75) is 6.04 Å². The highest BCUT2D eigenvalue weighted by atomic mass is 16.5. The van der Waals surface area contributed by atoms with E-state index >= 15 is 0 Å². The maximum atomic E-state index is 11.2. The number of ether oxygens (including phenoxy) is 2. The molecule has 158 valence electrons. The molecule has 0 unspecified atom stereocenters. The van der Waals surface area contributed by atoms with Gasteiger partial charge in [0.2, 0.25) is 11.9 Å². The summed E-state index contributed by atoms with van der Waals surface area (Å²) in [6.07, 6.45) is 0. The molecule has 0 saturated heterocycles. The minimum absolute atomic E-state index is 0.0407. The number of carboxylic acid groups (broad SMARTS) is 1. The van der Waals surface area contributed by atoms with Crippen LogP contribution in [0.3, 0.4) is 0 Å². The fraction of sp³-hybridized carbons (Fsp3) is 0.444. The number of nitrogens with two attached hydrogens (primary N) is 1. The smallest absolute Gasteiger partial charge is 0.328 e. The molecule has 2 aromatic rings. The number of carbonyl (C=O) groups is 1. The molecule has 1 heterocycles. The van der Waals surface area contributed by atoms with Crippen LogP contribution in [0.25, 0.3) is 11.4 Å². The Hall–Kier alpha value is -2.86. The quantitative estimate of drug-likeness (QED) is 0.264. The third-order valence-electron chi connectivity index (χ3n) is 3.62. The summed E-state index contributed by atoms with van der Waals surface area (Å²) in [5.41, 5.74) is 6.07. The summed E-state index contributed by atoms with van der Waals surface area (Å²) in [6.45, 7) is 2.09. The number of aliphatic hydroxyl groups is 1. The Morgan fingerprint density at radius 1 is 1.03 bits per heavy atom. The Kier molecular flexibility index (Phi) is 9.72. The number of hydrogen-bond acceptors (Lipinski definition) is 10. The van der Waals surface area contributed by atoms with E-state index in [0.717, 1.165) is 5.56 Å². The van der Waals surface area contributed by atoms with E-state index in [4.69, 9.17) is 20.3 Å². The van der Waals surface area contributed by atoms with Crippen molar-refractivity contribution in [2.75, 3.05) is 56.8 Å². The first-order valence-corrected chi connectivity index (χ1v) is 9.15. The molecule has 1 aromatic carbocycles. The van der Waals surface area contributed by atoms with E-state index in [1.54, 1.807) is 0 Å². The predicted molar refractivity (Wildman–Crippen MR) is 107 cm³/mol. The topological polar surface area (TPSA) is 165 Å². The van der Waals surface area contributed by atoms with Gasteiger partial charge in [-0.05, 0) is 0 Å². The highest BCUT2D eigenvalue weighted by Gasteiger charge is 2.18. The number of nitrogens with one attached hydrogen (secondary N) is 2. The Morgan fingerprint density at radius 2 is 1.72 bits per heavy atom. The summed E-state index contributed by atoms with van der Waals surface area (Å²) >= 11 is 0. The van der Waals surface area contributed by atoms with Crippen molar-refractivity contribution in [3.05, 3.63) is 30.3 Å². The van der Waals surface area contributed by atoms with Crippen molar-refractivity contribution in [2.24, 2.45) is 5.73 Å². The maximum Gasteiger partial charge on any atom is 0.328 e. The number of aromatic nitrogens is 3. The van der Waals surface area contributed by atoms with E-state index < -0.39 is 18.6 Å². The molecule has 0 fully saturated rings. The zero-order valence-electron chi connectivity index (χ0n) is 16.0. The summed E-state index contributed by atoms with van der Waals surface area (Å²) < 4.78 is 10.6. The number of hydrogen-bond donors (Lipinski definition) is 5. The third kappa shape index (κ3) is 7.95. The van der Waals surface area contributed by atoms with Crippen molar-refractivity contribution >= 4 is 17.9 Å². The molecule has 11 heteroatoms. The SMILES string of the molecule is NCCOCCOCCNc1nc(N[C@@H](CO)C(=O)O)nc(-c2ccccc2)n1.